The van der Waals surface area contributed by atoms with Gasteiger partial charge in [0, 0.05) is 74.2 Å². The zero-order chi connectivity index (χ0) is 48.3. The number of allylic oxidation sites excluding steroid dienone is 2. The van der Waals surface area contributed by atoms with Crippen molar-refractivity contribution in [3.63, 3.8) is 0 Å². The molecule has 5 rings (SSSR count). The minimum absolute atomic E-state index is 0.0633. The minimum Gasteiger partial charge on any atom is -0.507 e. The Morgan fingerprint density at radius 3 is 2.09 bits per heavy atom. The van der Waals surface area contributed by atoms with Gasteiger partial charge in [0.25, 0.3) is 11.7 Å². The lowest BCUT2D eigenvalue weighted by Crippen LogP contribution is -2.46. The van der Waals surface area contributed by atoms with Crippen LogP contribution in [0.5, 0.6) is 23.0 Å². The molecule has 6 N–H and O–H groups in total. The number of fused-ring (bicyclic) bond motifs is 14. The number of nitrogens with zero attached hydrogens (tertiary/aromatic N) is 2. The number of hydrogen-bond donors (Lipinski definition) is 6. The highest BCUT2D eigenvalue weighted by molar-refractivity contribution is 6.23. The van der Waals surface area contributed by atoms with Crippen molar-refractivity contribution in [2.75, 3.05) is 25.5 Å². The molecule has 15 heteroatoms. The fourth-order valence-corrected chi connectivity index (χ4v) is 8.68. The molecule has 3 heterocycles. The molecule has 5 bridgehead atoms. The van der Waals surface area contributed by atoms with E-state index in [-0.39, 0.29) is 44.5 Å². The van der Waals surface area contributed by atoms with Crippen LogP contribution in [-0.4, -0.2) is 105 Å². The number of nitrogens with one attached hydrogen (secondary N) is 1. The molecule has 0 spiro atoms. The molecule has 1 amide bonds. The van der Waals surface area contributed by atoms with Crippen LogP contribution in [0.3, 0.4) is 0 Å². The summed E-state index contributed by atoms with van der Waals surface area (Å²) in [6, 6.07) is 0. The lowest BCUT2D eigenvalue weighted by Gasteiger charge is -2.38. The number of hydrogen-bond acceptors (Lipinski definition) is 14. The van der Waals surface area contributed by atoms with E-state index in [0.29, 0.717) is 13.1 Å². The molecule has 2 aromatic carbocycles. The fraction of sp³-hybridized carbons (Fsp3) is 0.600. The molecule has 9 atom stereocenters. The number of phenolic OH excluding ortho intramolecular Hbond substituents is 3. The van der Waals surface area contributed by atoms with Crippen LogP contribution in [0, 0.1) is 30.6 Å². The number of carbonyl (C=O) groups excluding carboxylic acids is 3. The van der Waals surface area contributed by atoms with Crippen LogP contribution >= 0.6 is 0 Å². The number of Topliss-reactive ketones (excluding diaryl/α,β-unsaturated/α-hetero) is 1. The lowest BCUT2D eigenvalue weighted by molar-refractivity contribution is -0.160. The average molecular weight is 908 g/mol. The van der Waals surface area contributed by atoms with Gasteiger partial charge in [-0.3, -0.25) is 19.4 Å². The number of carbonyl (C=O) groups is 3. The molecular formula is C50H73N3O12. The van der Waals surface area contributed by atoms with E-state index in [1.165, 1.54) is 52.5 Å². The Labute approximate surface area is 384 Å². The second kappa shape index (κ2) is 23.4. The van der Waals surface area contributed by atoms with Gasteiger partial charge in [0.2, 0.25) is 0 Å². The number of rotatable bonds is 14. The first kappa shape index (κ1) is 52.5. The molecule has 0 fully saturated rings. The predicted molar refractivity (Wildman–Crippen MR) is 251 cm³/mol. The van der Waals surface area contributed by atoms with Gasteiger partial charge in [-0.25, -0.2) is 0 Å². The third-order valence-electron chi connectivity index (χ3n) is 12.9. The number of phenols is 3. The summed E-state index contributed by atoms with van der Waals surface area (Å²) >= 11 is 0. The second-order valence-corrected chi connectivity index (χ2v) is 17.9. The van der Waals surface area contributed by atoms with Crippen molar-refractivity contribution in [1.29, 1.82) is 0 Å². The van der Waals surface area contributed by atoms with E-state index >= 15 is 0 Å². The number of ether oxygens (including phenoxy) is 4. The number of esters is 1. The molecule has 65 heavy (non-hydrogen) atoms. The largest absolute Gasteiger partial charge is 0.507 e. The Balaban J connectivity index is 1.97. The maximum atomic E-state index is 14.6. The maximum absolute atomic E-state index is 14.6. The first-order valence-electron chi connectivity index (χ1n) is 23.1. The number of ketones is 1. The topological polar surface area (TPSA) is 217 Å². The number of aromatic hydroxyl groups is 3. The minimum atomic E-state index is -2.05. The number of benzene rings is 2. The van der Waals surface area contributed by atoms with Crippen LogP contribution in [0.15, 0.2) is 41.2 Å². The third kappa shape index (κ3) is 12.0. The summed E-state index contributed by atoms with van der Waals surface area (Å²) in [4.78, 5) is 40.9. The number of hydrazone groups is 1. The average Bonchev–Trinajstić information content (AvgIpc) is 3.54. The van der Waals surface area contributed by atoms with E-state index in [2.05, 4.69) is 19.2 Å². The summed E-state index contributed by atoms with van der Waals surface area (Å²) in [5, 5.41) is 68.0. The summed E-state index contributed by atoms with van der Waals surface area (Å²) in [6.45, 7) is 18.1. The van der Waals surface area contributed by atoms with Gasteiger partial charge in [0.15, 0.2) is 5.75 Å². The van der Waals surface area contributed by atoms with Gasteiger partial charge in [-0.2, -0.15) is 5.10 Å². The van der Waals surface area contributed by atoms with Crippen molar-refractivity contribution in [2.24, 2.45) is 28.8 Å². The van der Waals surface area contributed by atoms with Crippen molar-refractivity contribution in [3.05, 3.63) is 52.8 Å². The SMILES string of the molecule is CCCCCCN(CCCCCC)N=Cc1c2c(O)c3c(O)c(C)c4c(c3c1O)C(=O)[C@@](C)(OC=C[C@H](OC)[C@H](C)[C@H](OC(C)=O)[C@H](C)[C@H](O)[C@H](C)[C@H](O)[C@@H](C)C=CC=C(C)C(=O)N2)O4. The predicted octanol–water partition coefficient (Wildman–Crippen LogP) is 8.55. The summed E-state index contributed by atoms with van der Waals surface area (Å²) in [7, 11) is 1.45. The van der Waals surface area contributed by atoms with E-state index in [0.717, 1.165) is 51.4 Å². The number of unbranched alkanes of at least 4 members (excludes halogenated alkanes) is 6. The van der Waals surface area contributed by atoms with Crippen molar-refractivity contribution in [3.8, 4) is 23.0 Å². The lowest BCUT2D eigenvalue weighted by atomic mass is 9.78. The Kier molecular flexibility index (Phi) is 18.9. The normalized spacial score (nSPS) is 26.6. The van der Waals surface area contributed by atoms with Crippen LogP contribution in [0.1, 0.15) is 135 Å². The molecule has 0 aromatic heterocycles. The van der Waals surface area contributed by atoms with Gasteiger partial charge in [-0.05, 0) is 32.8 Å². The smallest absolute Gasteiger partial charge is 0.312 e. The van der Waals surface area contributed by atoms with Gasteiger partial charge < -0.3 is 49.8 Å². The van der Waals surface area contributed by atoms with E-state index in [1.807, 2.05) is 5.01 Å². The molecule has 2 aromatic rings. The standard InChI is InChI=1S/C50H73N3O12/c1-12-14-16-18-24-53(25-19-17-15-13-2)51-27-35-40-45(59)38-37(44(35)58)39-47(33(8)43(38)57)65-50(10,48(39)60)63-26-23-36(62-11)30(5)46(64-34(9)54)32(7)42(56)31(6)41(55)28(3)21-20-22-29(4)49(61)52-40/h20-23,26-28,30-32,36,41-42,46,55-59H,12-19,24-25H2,1-11H3,(H,52,61)/t28-,30-,31+,32+,36-,41+,42+,46-,50-/m0/s1. The Morgan fingerprint density at radius 1 is 0.877 bits per heavy atom. The van der Waals surface area contributed by atoms with Crippen molar-refractivity contribution in [1.82, 2.24) is 5.01 Å². The van der Waals surface area contributed by atoms with Crippen molar-refractivity contribution < 1.29 is 58.9 Å². The molecule has 0 unspecified atom stereocenters. The number of aliphatic hydroxyl groups is 2. The Morgan fingerprint density at radius 2 is 1.51 bits per heavy atom. The molecule has 360 valence electrons. The van der Waals surface area contributed by atoms with Crippen LogP contribution in [0.2, 0.25) is 0 Å². The molecule has 15 nitrogen and oxygen atoms in total. The van der Waals surface area contributed by atoms with Gasteiger partial charge in [-0.1, -0.05) is 98.3 Å². The summed E-state index contributed by atoms with van der Waals surface area (Å²) in [6.07, 6.45) is 13.0. The molecule has 3 aliphatic heterocycles. The second-order valence-electron chi connectivity index (χ2n) is 17.9. The van der Waals surface area contributed by atoms with Crippen molar-refractivity contribution >= 4 is 40.3 Å². The van der Waals surface area contributed by atoms with E-state index in [1.54, 1.807) is 46.8 Å². The van der Waals surface area contributed by atoms with Gasteiger partial charge >= 0.3 is 11.8 Å². The fourth-order valence-electron chi connectivity index (χ4n) is 8.68. The summed E-state index contributed by atoms with van der Waals surface area (Å²) in [5.41, 5.74) is -0.286. The third-order valence-corrected chi connectivity index (χ3v) is 12.9. The highest BCUT2D eigenvalue weighted by Gasteiger charge is 2.50. The quantitative estimate of drug-likeness (QED) is 0.0262. The van der Waals surface area contributed by atoms with E-state index in [9.17, 15) is 39.9 Å². The Hall–Kier alpha value is -5.12. The number of anilines is 1. The van der Waals surface area contributed by atoms with Gasteiger partial charge in [-0.15, -0.1) is 0 Å². The molecule has 0 saturated carbocycles. The molecular weight excluding hydrogens is 835 g/mol. The van der Waals surface area contributed by atoms with E-state index < -0.39 is 88.8 Å². The van der Waals surface area contributed by atoms with Gasteiger partial charge in [0.1, 0.15) is 23.4 Å². The zero-order valence-corrected chi connectivity index (χ0v) is 40.1. The molecule has 0 radical (unpaired) electrons. The molecule has 0 saturated heterocycles. The first-order valence-corrected chi connectivity index (χ1v) is 23.1. The van der Waals surface area contributed by atoms with Crippen LogP contribution in [0.4, 0.5) is 5.69 Å². The highest BCUT2D eigenvalue weighted by Crippen LogP contribution is 2.55. The van der Waals surface area contributed by atoms with Crippen LogP contribution < -0.4 is 10.1 Å². The number of methoxy groups -OCH3 is 1. The number of amides is 1. The first-order chi connectivity index (χ1) is 30.8. The monoisotopic (exact) mass is 908 g/mol. The van der Waals surface area contributed by atoms with Crippen LogP contribution in [-0.2, 0) is 23.8 Å². The van der Waals surface area contributed by atoms with E-state index in [4.69, 9.17) is 24.0 Å². The van der Waals surface area contributed by atoms with Gasteiger partial charge in [0.05, 0.1) is 53.0 Å². The maximum Gasteiger partial charge on any atom is 0.312 e. The highest BCUT2D eigenvalue weighted by atomic mass is 16.7. The number of aliphatic hydroxyl groups excluding tert-OH is 2. The summed E-state index contributed by atoms with van der Waals surface area (Å²) < 4.78 is 23.8. The van der Waals surface area contributed by atoms with Crippen LogP contribution in [0.25, 0.3) is 10.8 Å². The summed E-state index contributed by atoms with van der Waals surface area (Å²) in [5.74, 6) is -8.29. The van der Waals surface area contributed by atoms with Crippen molar-refractivity contribution in [2.45, 2.75) is 151 Å². The zero-order valence-electron chi connectivity index (χ0n) is 40.1. The molecule has 0 aliphatic carbocycles. The molecule has 3 aliphatic rings. The Bertz CT molecular complexity index is 2120.